The van der Waals surface area contributed by atoms with Crippen LogP contribution in [0.15, 0.2) is 71.9 Å². The quantitative estimate of drug-likeness (QED) is 0.304. The number of ketones is 2. The van der Waals surface area contributed by atoms with Gasteiger partial charge in [0.1, 0.15) is 0 Å². The molecule has 0 aromatic rings. The predicted molar refractivity (Wildman–Crippen MR) is 156 cm³/mol. The van der Waals surface area contributed by atoms with Crippen LogP contribution in [0.2, 0.25) is 0 Å². The zero-order chi connectivity index (χ0) is 30.8. The Hall–Kier alpha value is -2.88. The van der Waals surface area contributed by atoms with Gasteiger partial charge in [0.15, 0.2) is 11.6 Å². The Labute approximate surface area is 235 Å². The van der Waals surface area contributed by atoms with Crippen LogP contribution in [0.1, 0.15) is 82.6 Å². The molecule has 214 valence electrons. The largest absolute Gasteiger partial charge is 0.388 e. The standard InChI is InChI=1S/C17H24O2.C16H24O.CO2/c1-8-13(12(4)18)17(7)10-9-14(11(2)3)16(5,6)15(17)19;1-11(2)13-8-9-15(6)12(3)7-10-16(15,17)14(13,4)5;2-1-3/h8-10,14H,2H2,1,3-7H3;7-9,13,17H,1,10H2,2-6H3;/b13-8+;;/t14-,17-;13-,15-,16+;/m00./s1. The molecule has 0 amide bonds. The van der Waals surface area contributed by atoms with E-state index < -0.39 is 16.4 Å². The van der Waals surface area contributed by atoms with Crippen LogP contribution in [0.25, 0.3) is 0 Å². The number of hydrogen-bond donors (Lipinski definition) is 1. The molecule has 0 unspecified atom stereocenters. The molecular weight excluding hydrogens is 488 g/mol. The molecule has 39 heavy (non-hydrogen) atoms. The first-order valence-electron chi connectivity index (χ1n) is 13.5. The highest BCUT2D eigenvalue weighted by atomic mass is 16.3. The van der Waals surface area contributed by atoms with Gasteiger partial charge in [0, 0.05) is 33.7 Å². The molecule has 0 aromatic heterocycles. The first kappa shape index (κ1) is 34.1. The predicted octanol–water partition coefficient (Wildman–Crippen LogP) is 7.16. The van der Waals surface area contributed by atoms with Gasteiger partial charge in [0.25, 0.3) is 0 Å². The highest BCUT2D eigenvalue weighted by Gasteiger charge is 2.61. The highest BCUT2D eigenvalue weighted by molar-refractivity contribution is 6.06. The maximum atomic E-state index is 12.9. The van der Waals surface area contributed by atoms with Crippen molar-refractivity contribution in [2.45, 2.75) is 88.2 Å². The van der Waals surface area contributed by atoms with Crippen LogP contribution in [0, 0.1) is 33.5 Å². The maximum absolute atomic E-state index is 12.9. The number of carbonyl (C=O) groups excluding carboxylic acids is 4. The molecule has 3 aliphatic rings. The van der Waals surface area contributed by atoms with E-state index in [0.717, 1.165) is 17.6 Å². The molecule has 0 aromatic carbocycles. The van der Waals surface area contributed by atoms with Gasteiger partial charge in [0.2, 0.25) is 0 Å². The average molecular weight is 537 g/mol. The van der Waals surface area contributed by atoms with Crippen molar-refractivity contribution in [3.8, 4) is 0 Å². The van der Waals surface area contributed by atoms with Crippen molar-refractivity contribution in [3.05, 3.63) is 71.9 Å². The van der Waals surface area contributed by atoms with E-state index in [9.17, 15) is 14.7 Å². The lowest BCUT2D eigenvalue weighted by atomic mass is 9.51. The third-order valence-electron chi connectivity index (χ3n) is 9.59. The summed E-state index contributed by atoms with van der Waals surface area (Å²) in [6.07, 6.45) is 13.3. The van der Waals surface area contributed by atoms with E-state index in [1.807, 2.05) is 39.8 Å². The first-order chi connectivity index (χ1) is 17.7. The van der Waals surface area contributed by atoms with E-state index in [2.05, 4.69) is 66.0 Å². The number of hydrogen-bond acceptors (Lipinski definition) is 5. The summed E-state index contributed by atoms with van der Waals surface area (Å²) in [7, 11) is 0. The second kappa shape index (κ2) is 11.7. The van der Waals surface area contributed by atoms with Crippen molar-refractivity contribution in [1.82, 2.24) is 0 Å². The van der Waals surface area contributed by atoms with Gasteiger partial charge in [-0.3, -0.25) is 9.59 Å². The van der Waals surface area contributed by atoms with Crippen LogP contribution >= 0.6 is 0 Å². The maximum Gasteiger partial charge on any atom is 0.373 e. The Morgan fingerprint density at radius 3 is 1.85 bits per heavy atom. The Morgan fingerprint density at radius 2 is 1.44 bits per heavy atom. The van der Waals surface area contributed by atoms with Crippen LogP contribution in [0.4, 0.5) is 0 Å². The van der Waals surface area contributed by atoms with Gasteiger partial charge >= 0.3 is 6.15 Å². The Bertz CT molecular complexity index is 1180. The van der Waals surface area contributed by atoms with Gasteiger partial charge in [-0.25, -0.2) is 0 Å². The number of carbonyl (C=O) groups is 2. The molecule has 0 bridgehead atoms. The molecule has 0 aliphatic heterocycles. The summed E-state index contributed by atoms with van der Waals surface area (Å²) in [5.41, 5.74) is 1.50. The SMILES string of the molecule is C=C(C)[C@@H]1C=C[C@@](C)(/C(=C/C)C(C)=O)C(=O)C1(C)C.C=C(C)[C@@H]1C=C[C@@]2(C)C(C)=CC[C@@]2(O)C1(C)C.O=C=O. The summed E-state index contributed by atoms with van der Waals surface area (Å²) in [4.78, 5) is 40.9. The fourth-order valence-electron chi connectivity index (χ4n) is 7.10. The molecule has 3 rings (SSSR count). The first-order valence-corrected chi connectivity index (χ1v) is 13.5. The van der Waals surface area contributed by atoms with Gasteiger partial charge in [0.05, 0.1) is 11.0 Å². The van der Waals surface area contributed by atoms with Crippen molar-refractivity contribution in [1.29, 1.82) is 0 Å². The molecule has 0 spiro atoms. The smallest absolute Gasteiger partial charge is 0.373 e. The molecular formula is C34H48O5. The van der Waals surface area contributed by atoms with Crippen LogP contribution in [0.5, 0.6) is 0 Å². The monoisotopic (exact) mass is 536 g/mol. The summed E-state index contributed by atoms with van der Waals surface area (Å²) in [5.74, 6) is 0.310. The molecule has 1 N–H and O–H groups in total. The van der Waals surface area contributed by atoms with Crippen LogP contribution in [0.3, 0.4) is 0 Å². The number of allylic oxidation sites excluding steroid dienone is 7. The number of rotatable bonds is 4. The molecule has 5 heteroatoms. The highest BCUT2D eigenvalue weighted by Crippen LogP contribution is 2.62. The second-order valence-electron chi connectivity index (χ2n) is 12.8. The Balaban J connectivity index is 0.000000356. The van der Waals surface area contributed by atoms with Gasteiger partial charge in [-0.1, -0.05) is 94.0 Å². The molecule has 0 heterocycles. The average Bonchev–Trinajstić information content (AvgIpc) is 3.04. The molecule has 0 saturated heterocycles. The lowest BCUT2D eigenvalue weighted by Crippen LogP contribution is -2.58. The number of fused-ring (bicyclic) bond motifs is 1. The topological polar surface area (TPSA) is 88.5 Å². The lowest BCUT2D eigenvalue weighted by Gasteiger charge is -2.56. The van der Waals surface area contributed by atoms with Crippen LogP contribution < -0.4 is 0 Å². The summed E-state index contributed by atoms with van der Waals surface area (Å²) in [6.45, 7) is 29.7. The molecule has 5 nitrogen and oxygen atoms in total. The summed E-state index contributed by atoms with van der Waals surface area (Å²) >= 11 is 0. The van der Waals surface area contributed by atoms with E-state index in [0.29, 0.717) is 5.57 Å². The van der Waals surface area contributed by atoms with Crippen molar-refractivity contribution >= 4 is 17.7 Å². The summed E-state index contributed by atoms with van der Waals surface area (Å²) in [5, 5.41) is 11.2. The zero-order valence-electron chi connectivity index (χ0n) is 25.8. The fraction of sp³-hybridized carbons (Fsp3) is 0.559. The van der Waals surface area contributed by atoms with E-state index >= 15 is 0 Å². The van der Waals surface area contributed by atoms with Crippen molar-refractivity contribution < 1.29 is 24.3 Å². The van der Waals surface area contributed by atoms with E-state index in [-0.39, 0.29) is 40.4 Å². The second-order valence-corrected chi connectivity index (χ2v) is 12.8. The minimum absolute atomic E-state index is 0.0261. The van der Waals surface area contributed by atoms with Crippen LogP contribution in [-0.2, 0) is 19.2 Å². The number of aliphatic hydroxyl groups is 1. The summed E-state index contributed by atoms with van der Waals surface area (Å²) in [6, 6.07) is 0. The van der Waals surface area contributed by atoms with Crippen LogP contribution in [-0.4, -0.2) is 28.4 Å². The van der Waals surface area contributed by atoms with Gasteiger partial charge in [-0.15, -0.1) is 0 Å². The minimum atomic E-state index is -0.823. The van der Waals surface area contributed by atoms with Crippen molar-refractivity contribution in [2.24, 2.45) is 33.5 Å². The van der Waals surface area contributed by atoms with E-state index in [1.54, 1.807) is 13.0 Å². The Morgan fingerprint density at radius 1 is 0.974 bits per heavy atom. The minimum Gasteiger partial charge on any atom is -0.388 e. The molecule has 5 atom stereocenters. The molecule has 0 radical (unpaired) electrons. The van der Waals surface area contributed by atoms with Gasteiger partial charge < -0.3 is 5.11 Å². The zero-order valence-corrected chi connectivity index (χ0v) is 25.8. The van der Waals surface area contributed by atoms with Crippen molar-refractivity contribution in [2.75, 3.05) is 0 Å². The van der Waals surface area contributed by atoms with E-state index in [4.69, 9.17) is 9.59 Å². The Kier molecular flexibility index (Phi) is 10.2. The van der Waals surface area contributed by atoms with Gasteiger partial charge in [-0.05, 0) is 54.9 Å². The molecule has 0 saturated carbocycles. The fourth-order valence-corrected chi connectivity index (χ4v) is 7.10. The summed E-state index contributed by atoms with van der Waals surface area (Å²) < 4.78 is 0. The van der Waals surface area contributed by atoms with Gasteiger partial charge in [-0.2, -0.15) is 9.59 Å². The molecule has 0 fully saturated rings. The third-order valence-corrected chi connectivity index (χ3v) is 9.59. The normalized spacial score (nSPS) is 33.8. The third kappa shape index (κ3) is 5.58. The number of Topliss-reactive ketones (excluding diaryl/α,β-unsaturated/α-hetero) is 2. The lowest BCUT2D eigenvalue weighted by molar-refractivity contribution is -0.191. The van der Waals surface area contributed by atoms with Crippen molar-refractivity contribution in [3.63, 3.8) is 0 Å². The van der Waals surface area contributed by atoms with E-state index in [1.165, 1.54) is 12.5 Å². The molecule has 3 aliphatic carbocycles.